The smallest absolute Gasteiger partial charge is 0.238 e. The van der Waals surface area contributed by atoms with E-state index in [9.17, 15) is 14.4 Å². The molecular weight excluding hydrogens is 408 g/mol. The molecule has 170 valence electrons. The van der Waals surface area contributed by atoms with Crippen LogP contribution in [-0.4, -0.2) is 49.4 Å². The molecule has 0 saturated carbocycles. The van der Waals surface area contributed by atoms with Crippen molar-refractivity contribution in [2.45, 2.75) is 26.7 Å². The van der Waals surface area contributed by atoms with Gasteiger partial charge in [-0.25, -0.2) is 0 Å². The minimum Gasteiger partial charge on any atom is -0.495 e. The first-order valence-corrected chi connectivity index (χ1v) is 10.7. The minimum atomic E-state index is -0.189. The van der Waals surface area contributed by atoms with E-state index < -0.39 is 0 Å². The Morgan fingerprint density at radius 3 is 2.25 bits per heavy atom. The Bertz CT molecular complexity index is 966. The summed E-state index contributed by atoms with van der Waals surface area (Å²) in [7, 11) is 1.53. The topological polar surface area (TPSA) is 99.8 Å². The molecule has 3 rings (SSSR count). The summed E-state index contributed by atoms with van der Waals surface area (Å²) in [5, 5.41) is 8.54. The van der Waals surface area contributed by atoms with Gasteiger partial charge >= 0.3 is 0 Å². The third kappa shape index (κ3) is 6.55. The van der Waals surface area contributed by atoms with Crippen molar-refractivity contribution < 1.29 is 19.1 Å². The van der Waals surface area contributed by atoms with Gasteiger partial charge in [-0.3, -0.25) is 19.3 Å². The fraction of sp³-hybridized carbons (Fsp3) is 0.375. The van der Waals surface area contributed by atoms with Crippen LogP contribution in [-0.2, 0) is 14.4 Å². The Hall–Kier alpha value is -3.39. The number of anilines is 3. The second kappa shape index (κ2) is 10.8. The van der Waals surface area contributed by atoms with E-state index in [2.05, 4.69) is 20.9 Å². The molecule has 0 radical (unpaired) electrons. The number of carbonyl (C=O) groups excluding carboxylic acids is 3. The van der Waals surface area contributed by atoms with Crippen LogP contribution in [0.5, 0.6) is 5.75 Å². The highest BCUT2D eigenvalue weighted by atomic mass is 16.5. The van der Waals surface area contributed by atoms with E-state index in [1.165, 1.54) is 14.0 Å². The molecule has 3 N–H and O–H groups in total. The van der Waals surface area contributed by atoms with Crippen LogP contribution >= 0.6 is 0 Å². The van der Waals surface area contributed by atoms with Crippen LogP contribution < -0.4 is 20.7 Å². The van der Waals surface area contributed by atoms with Crippen LogP contribution in [0.3, 0.4) is 0 Å². The van der Waals surface area contributed by atoms with Crippen molar-refractivity contribution in [1.82, 2.24) is 4.90 Å². The number of benzene rings is 2. The monoisotopic (exact) mass is 438 g/mol. The van der Waals surface area contributed by atoms with Gasteiger partial charge in [0.05, 0.1) is 19.3 Å². The van der Waals surface area contributed by atoms with Crippen molar-refractivity contribution in [2.24, 2.45) is 5.92 Å². The zero-order valence-electron chi connectivity index (χ0n) is 18.7. The lowest BCUT2D eigenvalue weighted by atomic mass is 9.95. The first-order chi connectivity index (χ1) is 15.3. The SMILES string of the molecule is COc1ccc(NC(C)=O)cc1NC(=O)C1CCN(CC(=O)Nc2ccc(C)cc2)CC1. The lowest BCUT2D eigenvalue weighted by Gasteiger charge is -2.30. The Morgan fingerprint density at radius 1 is 0.969 bits per heavy atom. The number of rotatable bonds is 7. The fourth-order valence-electron chi connectivity index (χ4n) is 3.72. The van der Waals surface area contributed by atoms with Crippen molar-refractivity contribution in [1.29, 1.82) is 0 Å². The van der Waals surface area contributed by atoms with Crippen molar-refractivity contribution in [3.8, 4) is 5.75 Å². The maximum atomic E-state index is 12.8. The highest BCUT2D eigenvalue weighted by Gasteiger charge is 2.26. The molecule has 1 fully saturated rings. The maximum absolute atomic E-state index is 12.8. The summed E-state index contributed by atoms with van der Waals surface area (Å²) >= 11 is 0. The molecule has 1 heterocycles. The number of piperidine rings is 1. The summed E-state index contributed by atoms with van der Waals surface area (Å²) in [6.07, 6.45) is 1.33. The molecule has 0 atom stereocenters. The van der Waals surface area contributed by atoms with Gasteiger partial charge in [-0.15, -0.1) is 0 Å². The second-order valence-corrected chi connectivity index (χ2v) is 8.05. The quantitative estimate of drug-likeness (QED) is 0.616. The molecule has 1 aliphatic heterocycles. The number of methoxy groups -OCH3 is 1. The van der Waals surface area contributed by atoms with E-state index >= 15 is 0 Å². The van der Waals surface area contributed by atoms with E-state index in [4.69, 9.17) is 4.74 Å². The van der Waals surface area contributed by atoms with Crippen LogP contribution in [0.4, 0.5) is 17.1 Å². The molecule has 0 bridgehead atoms. The summed E-state index contributed by atoms with van der Waals surface area (Å²) in [5.41, 5.74) is 3.03. The van der Waals surface area contributed by atoms with E-state index in [1.54, 1.807) is 18.2 Å². The molecule has 0 spiro atoms. The Balaban J connectivity index is 1.50. The number of nitrogens with zero attached hydrogens (tertiary/aromatic N) is 1. The molecular formula is C24H30N4O4. The van der Waals surface area contributed by atoms with E-state index in [-0.39, 0.29) is 23.6 Å². The molecule has 8 heteroatoms. The third-order valence-corrected chi connectivity index (χ3v) is 5.44. The number of aryl methyl sites for hydroxylation is 1. The molecule has 32 heavy (non-hydrogen) atoms. The van der Waals surface area contributed by atoms with Crippen LogP contribution in [0.1, 0.15) is 25.3 Å². The molecule has 0 aliphatic carbocycles. The highest BCUT2D eigenvalue weighted by molar-refractivity contribution is 5.96. The first kappa shape index (κ1) is 23.3. The maximum Gasteiger partial charge on any atom is 0.238 e. The van der Waals surface area contributed by atoms with Gasteiger partial charge in [0.15, 0.2) is 0 Å². The summed E-state index contributed by atoms with van der Waals surface area (Å²) < 4.78 is 5.33. The van der Waals surface area contributed by atoms with Gasteiger partial charge in [0, 0.05) is 24.2 Å². The summed E-state index contributed by atoms with van der Waals surface area (Å²) in [6, 6.07) is 12.8. The van der Waals surface area contributed by atoms with Gasteiger partial charge in [-0.1, -0.05) is 17.7 Å². The van der Waals surface area contributed by atoms with Gasteiger partial charge in [-0.2, -0.15) is 0 Å². The van der Waals surface area contributed by atoms with Crippen LogP contribution in [0, 0.1) is 12.8 Å². The summed E-state index contributed by atoms with van der Waals surface area (Å²) in [5.74, 6) is 0.0349. The van der Waals surface area contributed by atoms with Gasteiger partial charge in [-0.05, 0) is 63.2 Å². The van der Waals surface area contributed by atoms with Crippen LogP contribution in [0.25, 0.3) is 0 Å². The third-order valence-electron chi connectivity index (χ3n) is 5.44. The lowest BCUT2D eigenvalue weighted by molar-refractivity contribution is -0.121. The van der Waals surface area contributed by atoms with Gasteiger partial charge in [0.25, 0.3) is 0 Å². The number of ether oxygens (including phenoxy) is 1. The number of amides is 3. The zero-order chi connectivity index (χ0) is 23.1. The summed E-state index contributed by atoms with van der Waals surface area (Å²) in [4.78, 5) is 38.5. The second-order valence-electron chi connectivity index (χ2n) is 8.05. The van der Waals surface area contributed by atoms with Crippen LogP contribution in [0.15, 0.2) is 42.5 Å². The number of nitrogens with one attached hydrogen (secondary N) is 3. The van der Waals surface area contributed by atoms with Crippen molar-refractivity contribution >= 4 is 34.8 Å². The minimum absolute atomic E-state index is 0.0590. The predicted octanol–water partition coefficient (Wildman–Crippen LogP) is 3.25. The normalized spacial score (nSPS) is 14.5. The molecule has 0 aromatic heterocycles. The number of likely N-dealkylation sites (tertiary alicyclic amines) is 1. The first-order valence-electron chi connectivity index (χ1n) is 10.7. The Kier molecular flexibility index (Phi) is 7.83. The highest BCUT2D eigenvalue weighted by Crippen LogP contribution is 2.29. The summed E-state index contributed by atoms with van der Waals surface area (Å²) in [6.45, 7) is 5.07. The van der Waals surface area contributed by atoms with Crippen molar-refractivity contribution in [2.75, 3.05) is 42.7 Å². The van der Waals surface area contributed by atoms with Crippen molar-refractivity contribution in [3.05, 3.63) is 48.0 Å². The molecule has 2 aromatic carbocycles. The number of carbonyl (C=O) groups is 3. The van der Waals surface area contributed by atoms with E-state index in [0.29, 0.717) is 49.6 Å². The molecule has 2 aromatic rings. The van der Waals surface area contributed by atoms with Gasteiger partial charge in [0.2, 0.25) is 17.7 Å². The molecule has 0 unspecified atom stereocenters. The molecule has 1 aliphatic rings. The van der Waals surface area contributed by atoms with E-state index in [1.807, 2.05) is 31.2 Å². The van der Waals surface area contributed by atoms with Gasteiger partial charge < -0.3 is 20.7 Å². The largest absolute Gasteiger partial charge is 0.495 e. The number of hydrogen-bond acceptors (Lipinski definition) is 5. The fourth-order valence-corrected chi connectivity index (χ4v) is 3.72. The molecule has 1 saturated heterocycles. The lowest BCUT2D eigenvalue weighted by Crippen LogP contribution is -2.41. The predicted molar refractivity (Wildman–Crippen MR) is 125 cm³/mol. The Labute approximate surface area is 188 Å². The zero-order valence-corrected chi connectivity index (χ0v) is 18.7. The van der Waals surface area contributed by atoms with Gasteiger partial charge in [0.1, 0.15) is 5.75 Å². The van der Waals surface area contributed by atoms with Crippen molar-refractivity contribution in [3.63, 3.8) is 0 Å². The van der Waals surface area contributed by atoms with Crippen LogP contribution in [0.2, 0.25) is 0 Å². The van der Waals surface area contributed by atoms with E-state index in [0.717, 1.165) is 11.3 Å². The Morgan fingerprint density at radius 2 is 1.62 bits per heavy atom. The molecule has 3 amide bonds. The molecule has 8 nitrogen and oxygen atoms in total. The average molecular weight is 439 g/mol. The number of hydrogen-bond donors (Lipinski definition) is 3. The standard InChI is InChI=1S/C24H30N4O4/c1-16-4-6-19(7-5-16)26-23(30)15-28-12-10-18(11-13-28)24(31)27-21-14-20(25-17(2)29)8-9-22(21)32-3/h4-9,14,18H,10-13,15H2,1-3H3,(H,25,29)(H,26,30)(H,27,31). The average Bonchev–Trinajstić information content (AvgIpc) is 2.75.